The predicted octanol–water partition coefficient (Wildman–Crippen LogP) is 0.748. The Kier molecular flexibility index (Phi) is 1.43. The summed E-state index contributed by atoms with van der Waals surface area (Å²) in [6.45, 7) is 0. The molecule has 4 heteroatoms. The summed E-state index contributed by atoms with van der Waals surface area (Å²) in [5.41, 5.74) is 0. The first-order valence-electron chi connectivity index (χ1n) is 3.18. The number of carbonyl (C=O) groups is 1. The Morgan fingerprint density at radius 3 is 3.20 bits per heavy atom. The molecule has 0 aliphatic carbocycles. The molecule has 0 aromatic rings. The van der Waals surface area contributed by atoms with E-state index in [1.807, 2.05) is 17.2 Å². The molecule has 10 heavy (non-hydrogen) atoms. The number of hydrogen-bond acceptors (Lipinski definition) is 1. The van der Waals surface area contributed by atoms with Gasteiger partial charge < -0.3 is 4.90 Å². The lowest BCUT2D eigenvalue weighted by Crippen LogP contribution is -2.52. The van der Waals surface area contributed by atoms with Crippen LogP contribution in [-0.4, -0.2) is 21.9 Å². The van der Waals surface area contributed by atoms with Crippen LogP contribution in [0.25, 0.3) is 0 Å². The molecule has 2 aliphatic heterocycles. The molecule has 0 bridgehead atoms. The average molecular weight is 173 g/mol. The summed E-state index contributed by atoms with van der Waals surface area (Å²) in [6, 6.07) is 0. The summed E-state index contributed by atoms with van der Waals surface area (Å²) in [5.74, 6) is 1.34. The SMILES string of the molecule is O=C1CC2N1C=CCS2=P. The van der Waals surface area contributed by atoms with Gasteiger partial charge in [0.1, 0.15) is 0 Å². The zero-order valence-electron chi connectivity index (χ0n) is 5.41. The minimum atomic E-state index is 0.225. The van der Waals surface area contributed by atoms with Gasteiger partial charge in [-0.2, -0.15) is 0 Å². The van der Waals surface area contributed by atoms with Gasteiger partial charge in [0.15, 0.2) is 0 Å². The fraction of sp³-hybridized carbons (Fsp3) is 0.500. The molecule has 2 aliphatic rings. The van der Waals surface area contributed by atoms with Crippen molar-refractivity contribution in [3.05, 3.63) is 12.3 Å². The van der Waals surface area contributed by atoms with Crippen molar-refractivity contribution in [2.24, 2.45) is 0 Å². The Bertz CT molecular complexity index is 238. The van der Waals surface area contributed by atoms with Gasteiger partial charge in [-0.15, -0.1) is 10.1 Å². The van der Waals surface area contributed by atoms with Crippen LogP contribution in [0.15, 0.2) is 12.3 Å². The lowest BCUT2D eigenvalue weighted by Gasteiger charge is -2.41. The summed E-state index contributed by atoms with van der Waals surface area (Å²) in [6.07, 6.45) is 4.68. The number of fused-ring (bicyclic) bond motifs is 1. The molecule has 1 fully saturated rings. The van der Waals surface area contributed by atoms with Gasteiger partial charge in [-0.1, -0.05) is 14.1 Å². The number of amides is 1. The van der Waals surface area contributed by atoms with Gasteiger partial charge in [-0.05, 0) is 0 Å². The van der Waals surface area contributed by atoms with Gasteiger partial charge in [-0.25, -0.2) is 0 Å². The highest BCUT2D eigenvalue weighted by molar-refractivity contribution is 8.16. The molecule has 0 radical (unpaired) electrons. The summed E-state index contributed by atoms with van der Waals surface area (Å²) < 4.78 is 0. The smallest absolute Gasteiger partial charge is 0.230 e. The van der Waals surface area contributed by atoms with Crippen LogP contribution in [0.3, 0.4) is 0 Å². The molecule has 0 aromatic carbocycles. The molecule has 0 aromatic heterocycles. The minimum Gasteiger partial charge on any atom is -0.306 e. The molecule has 1 saturated heterocycles. The van der Waals surface area contributed by atoms with E-state index in [2.05, 4.69) is 8.02 Å². The normalized spacial score (nSPS) is 37.2. The Hall–Kier alpha value is -0.140. The van der Waals surface area contributed by atoms with Crippen molar-refractivity contribution in [1.29, 1.82) is 0 Å². The number of β-lactam (4-membered cyclic amide) rings is 1. The highest BCUT2D eigenvalue weighted by Gasteiger charge is 2.37. The van der Waals surface area contributed by atoms with Crippen molar-refractivity contribution >= 4 is 24.0 Å². The third-order valence-corrected chi connectivity index (χ3v) is 4.74. The summed E-state index contributed by atoms with van der Waals surface area (Å²) in [5, 5.41) is 0.467. The number of hydrogen-bond donors (Lipinski definition) is 0. The van der Waals surface area contributed by atoms with Gasteiger partial charge in [0, 0.05) is 12.0 Å². The van der Waals surface area contributed by atoms with Gasteiger partial charge in [0.05, 0.1) is 11.8 Å². The zero-order valence-corrected chi connectivity index (χ0v) is 7.23. The first kappa shape index (κ1) is 6.56. The maximum absolute atomic E-state index is 10.9. The van der Waals surface area contributed by atoms with Crippen LogP contribution in [-0.2, 0) is 14.9 Å². The molecule has 0 saturated carbocycles. The van der Waals surface area contributed by atoms with Gasteiger partial charge >= 0.3 is 0 Å². The largest absolute Gasteiger partial charge is 0.306 e. The standard InChI is InChI=1S/C6H8NOPS/c8-5-4-6-7(5)2-1-3-10(6)9/h1-2,6,9H,3-4H2. The first-order chi connectivity index (χ1) is 4.79. The van der Waals surface area contributed by atoms with E-state index in [1.165, 1.54) is 0 Å². The second-order valence-electron chi connectivity index (χ2n) is 2.44. The maximum Gasteiger partial charge on any atom is 0.230 e. The molecule has 2 atom stereocenters. The highest BCUT2D eigenvalue weighted by Crippen LogP contribution is 2.27. The van der Waals surface area contributed by atoms with Gasteiger partial charge in [-0.3, -0.25) is 4.79 Å². The average Bonchev–Trinajstić information content (AvgIpc) is 1.91. The number of nitrogens with zero attached hydrogens (tertiary/aromatic N) is 1. The molecule has 54 valence electrons. The molecule has 2 heterocycles. The first-order valence-corrected chi connectivity index (χ1v) is 5.86. The van der Waals surface area contributed by atoms with Gasteiger partial charge in [0.25, 0.3) is 0 Å². The van der Waals surface area contributed by atoms with E-state index in [4.69, 9.17) is 0 Å². The fourth-order valence-corrected chi connectivity index (χ4v) is 3.39. The maximum atomic E-state index is 10.9. The van der Waals surface area contributed by atoms with E-state index >= 15 is 0 Å². The summed E-state index contributed by atoms with van der Waals surface area (Å²) in [4.78, 5) is 12.7. The fourth-order valence-electron chi connectivity index (χ4n) is 1.19. The van der Waals surface area contributed by atoms with Crippen LogP contribution in [0, 0.1) is 0 Å². The van der Waals surface area contributed by atoms with Crippen LogP contribution >= 0.6 is 8.02 Å². The van der Waals surface area contributed by atoms with Crippen LogP contribution < -0.4 is 0 Å². The van der Waals surface area contributed by atoms with Crippen molar-refractivity contribution < 1.29 is 4.79 Å². The zero-order chi connectivity index (χ0) is 7.14. The van der Waals surface area contributed by atoms with Crippen molar-refractivity contribution in [2.75, 3.05) is 5.75 Å². The predicted molar refractivity (Wildman–Crippen MR) is 44.9 cm³/mol. The summed E-state index contributed by atoms with van der Waals surface area (Å²) in [7, 11) is 3.83. The lowest BCUT2D eigenvalue weighted by atomic mass is 10.2. The highest BCUT2D eigenvalue weighted by atomic mass is 32.5. The second-order valence-corrected chi connectivity index (χ2v) is 5.75. The minimum absolute atomic E-state index is 0.225. The molecular weight excluding hydrogens is 165 g/mol. The van der Waals surface area contributed by atoms with Crippen molar-refractivity contribution in [3.8, 4) is 0 Å². The molecule has 1 amide bonds. The monoisotopic (exact) mass is 173 g/mol. The van der Waals surface area contributed by atoms with E-state index in [9.17, 15) is 4.79 Å². The van der Waals surface area contributed by atoms with Crippen molar-refractivity contribution in [2.45, 2.75) is 11.8 Å². The molecule has 0 spiro atoms. The van der Waals surface area contributed by atoms with Crippen molar-refractivity contribution in [1.82, 2.24) is 4.90 Å². The van der Waals surface area contributed by atoms with Crippen molar-refractivity contribution in [3.63, 3.8) is 0 Å². The quantitative estimate of drug-likeness (QED) is 0.391. The van der Waals surface area contributed by atoms with E-state index < -0.39 is 0 Å². The van der Waals surface area contributed by atoms with Crippen LogP contribution in [0.5, 0.6) is 0 Å². The number of carbonyl (C=O) groups excluding carboxylic acids is 1. The van der Waals surface area contributed by atoms with E-state index in [0.29, 0.717) is 5.37 Å². The third kappa shape index (κ3) is 0.774. The molecule has 2 rings (SSSR count). The third-order valence-electron chi connectivity index (χ3n) is 1.82. The molecule has 2 unspecified atom stereocenters. The van der Waals surface area contributed by atoms with E-state index in [1.54, 1.807) is 0 Å². The van der Waals surface area contributed by atoms with Crippen LogP contribution in [0.4, 0.5) is 0 Å². The number of rotatable bonds is 0. The molecule has 0 N–H and O–H groups in total. The lowest BCUT2D eigenvalue weighted by molar-refractivity contribution is -0.137. The summed E-state index contributed by atoms with van der Waals surface area (Å²) >= 11 is 0. The Morgan fingerprint density at radius 1 is 1.80 bits per heavy atom. The Labute approximate surface area is 64.1 Å². The topological polar surface area (TPSA) is 20.3 Å². The molecular formula is C6H8NOPS. The second kappa shape index (κ2) is 2.18. The van der Waals surface area contributed by atoms with Crippen LogP contribution in [0.1, 0.15) is 6.42 Å². The Balaban J connectivity index is 2.25. The van der Waals surface area contributed by atoms with Crippen LogP contribution in [0.2, 0.25) is 0 Å². The van der Waals surface area contributed by atoms with Gasteiger partial charge in [0.2, 0.25) is 5.91 Å². The van der Waals surface area contributed by atoms with E-state index in [0.717, 1.165) is 12.2 Å². The Morgan fingerprint density at radius 2 is 2.60 bits per heavy atom. The molecule has 2 nitrogen and oxygen atoms in total. The van der Waals surface area contributed by atoms with E-state index in [-0.39, 0.29) is 16.0 Å².